The van der Waals surface area contributed by atoms with Crippen molar-refractivity contribution < 1.29 is 32.2 Å². The van der Waals surface area contributed by atoms with Gasteiger partial charge in [0.2, 0.25) is 15.9 Å². The third-order valence-corrected chi connectivity index (χ3v) is 6.99. The maximum Gasteiger partial charge on any atom is 0.240 e. The predicted molar refractivity (Wildman–Crippen MR) is 110 cm³/mol. The fourth-order valence-electron chi connectivity index (χ4n) is 3.75. The summed E-state index contributed by atoms with van der Waals surface area (Å²) in [5.74, 6) is -0.575. The average molecular weight is 460 g/mol. The number of aliphatic hydroxyl groups is 1. The number of amides is 1. The molecule has 0 bridgehead atoms. The smallest absolute Gasteiger partial charge is 0.240 e. The Hall–Kier alpha value is -1.63. The molecule has 1 amide bonds. The molecule has 3 N–H and O–H groups in total. The van der Waals surface area contributed by atoms with Crippen molar-refractivity contribution in [3.63, 3.8) is 0 Å². The zero-order chi connectivity index (χ0) is 22.3. The van der Waals surface area contributed by atoms with Crippen LogP contribution in [0, 0.1) is 5.82 Å². The SMILES string of the molecule is O=C(CN1CCOCC1)NCC[C@H]1CC[C@@H](NS(=O)(=O)c2ccc(F)cc2)[C@H](CO)O1. The van der Waals surface area contributed by atoms with Gasteiger partial charge in [0.1, 0.15) is 5.82 Å². The Kier molecular flexibility index (Phi) is 8.76. The molecule has 1 aromatic carbocycles. The van der Waals surface area contributed by atoms with E-state index in [1.54, 1.807) is 0 Å². The number of carbonyl (C=O) groups excluding carboxylic acids is 1. The fourth-order valence-corrected chi connectivity index (χ4v) is 5.05. The first-order valence-corrected chi connectivity index (χ1v) is 12.0. The summed E-state index contributed by atoms with van der Waals surface area (Å²) in [6.07, 6.45) is 0.762. The van der Waals surface area contributed by atoms with Crippen LogP contribution in [0.25, 0.3) is 0 Å². The van der Waals surface area contributed by atoms with Crippen LogP contribution in [0.15, 0.2) is 29.2 Å². The summed E-state index contributed by atoms with van der Waals surface area (Å²) in [7, 11) is -3.86. The van der Waals surface area contributed by atoms with Gasteiger partial charge in [-0.2, -0.15) is 0 Å². The van der Waals surface area contributed by atoms with Gasteiger partial charge < -0.3 is 19.9 Å². The molecule has 1 aromatic rings. The van der Waals surface area contributed by atoms with E-state index in [1.165, 1.54) is 12.1 Å². The average Bonchev–Trinajstić information content (AvgIpc) is 2.75. The molecule has 174 valence electrons. The van der Waals surface area contributed by atoms with Gasteiger partial charge in [-0.15, -0.1) is 0 Å². The summed E-state index contributed by atoms with van der Waals surface area (Å²) in [5.41, 5.74) is 0. The minimum atomic E-state index is -3.86. The van der Waals surface area contributed by atoms with E-state index in [1.807, 2.05) is 4.90 Å². The molecule has 0 aromatic heterocycles. The zero-order valence-electron chi connectivity index (χ0n) is 17.3. The van der Waals surface area contributed by atoms with Crippen molar-refractivity contribution in [3.05, 3.63) is 30.1 Å². The number of halogens is 1. The molecule has 9 nitrogen and oxygen atoms in total. The first kappa shape index (κ1) is 24.0. The lowest BCUT2D eigenvalue weighted by atomic mass is 9.98. The van der Waals surface area contributed by atoms with Gasteiger partial charge in [-0.3, -0.25) is 9.69 Å². The highest BCUT2D eigenvalue weighted by Gasteiger charge is 2.33. The van der Waals surface area contributed by atoms with Crippen LogP contribution >= 0.6 is 0 Å². The number of ether oxygens (including phenoxy) is 2. The van der Waals surface area contributed by atoms with Crippen LogP contribution in [0.1, 0.15) is 19.3 Å². The molecule has 0 unspecified atom stereocenters. The molecule has 0 aliphatic carbocycles. The molecule has 0 spiro atoms. The van der Waals surface area contributed by atoms with Gasteiger partial charge in [0, 0.05) is 19.6 Å². The monoisotopic (exact) mass is 459 g/mol. The van der Waals surface area contributed by atoms with E-state index in [4.69, 9.17) is 9.47 Å². The summed E-state index contributed by atoms with van der Waals surface area (Å²) < 4.78 is 51.8. The Morgan fingerprint density at radius 3 is 2.58 bits per heavy atom. The molecule has 3 atom stereocenters. The van der Waals surface area contributed by atoms with E-state index >= 15 is 0 Å². The van der Waals surface area contributed by atoms with Gasteiger partial charge in [0.15, 0.2) is 0 Å². The third kappa shape index (κ3) is 7.19. The summed E-state index contributed by atoms with van der Waals surface area (Å²) >= 11 is 0. The summed E-state index contributed by atoms with van der Waals surface area (Å²) in [4.78, 5) is 14.1. The first-order chi connectivity index (χ1) is 14.9. The molecular weight excluding hydrogens is 429 g/mol. The van der Waals surface area contributed by atoms with Crippen LogP contribution in [-0.4, -0.2) is 88.6 Å². The molecule has 2 heterocycles. The van der Waals surface area contributed by atoms with E-state index < -0.39 is 28.0 Å². The Bertz CT molecular complexity index is 817. The summed E-state index contributed by atoms with van der Waals surface area (Å²) in [6, 6.07) is 3.96. The van der Waals surface area contributed by atoms with Crippen molar-refractivity contribution in [2.45, 2.75) is 42.4 Å². The molecule has 2 saturated heterocycles. The van der Waals surface area contributed by atoms with Crippen molar-refractivity contribution in [1.82, 2.24) is 14.9 Å². The first-order valence-electron chi connectivity index (χ1n) is 10.5. The molecule has 11 heteroatoms. The van der Waals surface area contributed by atoms with E-state index in [0.29, 0.717) is 45.6 Å². The number of sulfonamides is 1. The lowest BCUT2D eigenvalue weighted by Crippen LogP contribution is -2.51. The number of hydrogen-bond donors (Lipinski definition) is 3. The largest absolute Gasteiger partial charge is 0.394 e. The topological polar surface area (TPSA) is 117 Å². The Balaban J connectivity index is 1.43. The van der Waals surface area contributed by atoms with Crippen LogP contribution in [0.3, 0.4) is 0 Å². The van der Waals surface area contributed by atoms with Crippen LogP contribution in [0.4, 0.5) is 4.39 Å². The summed E-state index contributed by atoms with van der Waals surface area (Å²) in [5, 5.41) is 12.6. The number of nitrogens with zero attached hydrogens (tertiary/aromatic N) is 1. The van der Waals surface area contributed by atoms with Gasteiger partial charge >= 0.3 is 0 Å². The number of rotatable bonds is 9. The van der Waals surface area contributed by atoms with E-state index in [-0.39, 0.29) is 23.5 Å². The van der Waals surface area contributed by atoms with Crippen molar-refractivity contribution in [2.75, 3.05) is 46.0 Å². The normalized spacial score (nSPS) is 25.3. The van der Waals surface area contributed by atoms with Crippen LogP contribution in [0.5, 0.6) is 0 Å². The minimum absolute atomic E-state index is 0.0457. The number of hydrogen-bond acceptors (Lipinski definition) is 7. The Labute approximate surface area is 181 Å². The van der Waals surface area contributed by atoms with Gasteiger partial charge in [0.05, 0.1) is 49.5 Å². The van der Waals surface area contributed by atoms with Crippen molar-refractivity contribution in [3.8, 4) is 0 Å². The number of nitrogens with one attached hydrogen (secondary N) is 2. The second-order valence-corrected chi connectivity index (χ2v) is 9.48. The van der Waals surface area contributed by atoms with Gasteiger partial charge in [-0.1, -0.05) is 0 Å². The van der Waals surface area contributed by atoms with Crippen LogP contribution in [0.2, 0.25) is 0 Å². The van der Waals surface area contributed by atoms with Crippen molar-refractivity contribution in [2.24, 2.45) is 0 Å². The minimum Gasteiger partial charge on any atom is -0.394 e. The zero-order valence-corrected chi connectivity index (χ0v) is 18.2. The molecule has 2 aliphatic heterocycles. The molecule has 3 rings (SSSR count). The second kappa shape index (κ2) is 11.3. The predicted octanol–water partition coefficient (Wildman–Crippen LogP) is -0.149. The molecule has 0 saturated carbocycles. The molecule has 2 aliphatic rings. The highest BCUT2D eigenvalue weighted by atomic mass is 32.2. The van der Waals surface area contributed by atoms with Gasteiger partial charge in [-0.25, -0.2) is 17.5 Å². The quantitative estimate of drug-likeness (QED) is 0.470. The Morgan fingerprint density at radius 1 is 1.19 bits per heavy atom. The molecular formula is C20H30FN3O6S. The lowest BCUT2D eigenvalue weighted by molar-refractivity contribution is -0.123. The highest BCUT2D eigenvalue weighted by molar-refractivity contribution is 7.89. The second-order valence-electron chi connectivity index (χ2n) is 7.77. The van der Waals surface area contributed by atoms with Gasteiger partial charge in [-0.05, 0) is 43.5 Å². The van der Waals surface area contributed by atoms with E-state index in [2.05, 4.69) is 10.0 Å². The fraction of sp³-hybridized carbons (Fsp3) is 0.650. The highest BCUT2D eigenvalue weighted by Crippen LogP contribution is 2.23. The van der Waals surface area contributed by atoms with E-state index in [0.717, 1.165) is 25.2 Å². The Morgan fingerprint density at radius 2 is 1.90 bits per heavy atom. The molecule has 0 radical (unpaired) electrons. The van der Waals surface area contributed by atoms with Crippen molar-refractivity contribution >= 4 is 15.9 Å². The third-order valence-electron chi connectivity index (χ3n) is 5.49. The van der Waals surface area contributed by atoms with Crippen LogP contribution in [-0.2, 0) is 24.3 Å². The number of carbonyl (C=O) groups is 1. The number of aliphatic hydroxyl groups excluding tert-OH is 1. The number of morpholine rings is 1. The maximum absolute atomic E-state index is 13.1. The van der Waals surface area contributed by atoms with Gasteiger partial charge in [0.25, 0.3) is 0 Å². The van der Waals surface area contributed by atoms with E-state index in [9.17, 15) is 22.7 Å². The summed E-state index contributed by atoms with van der Waals surface area (Å²) in [6.45, 7) is 3.20. The molecule has 31 heavy (non-hydrogen) atoms. The lowest BCUT2D eigenvalue weighted by Gasteiger charge is -2.36. The van der Waals surface area contributed by atoms with Crippen molar-refractivity contribution in [1.29, 1.82) is 0 Å². The maximum atomic E-state index is 13.1. The standard InChI is InChI=1S/C20H30FN3O6S/c21-15-1-4-17(5-2-15)31(27,28)23-18-6-3-16(30-19(18)14-25)7-8-22-20(26)13-24-9-11-29-12-10-24/h1-2,4-5,16,18-19,23,25H,3,6-14H2,(H,22,26)/t16-,18-,19+/m1/s1. The number of benzene rings is 1. The van der Waals surface area contributed by atoms with Crippen LogP contribution < -0.4 is 10.0 Å². The molecule has 2 fully saturated rings.